The van der Waals surface area contributed by atoms with E-state index < -0.39 is 0 Å². The van der Waals surface area contributed by atoms with Crippen molar-refractivity contribution < 1.29 is 4.79 Å². The number of carbonyl (C=O) groups is 1. The Morgan fingerprint density at radius 3 is 2.66 bits per heavy atom. The lowest BCUT2D eigenvalue weighted by Gasteiger charge is -2.13. The molecule has 3 rings (SSSR count). The summed E-state index contributed by atoms with van der Waals surface area (Å²) in [6.07, 6.45) is 0. The quantitative estimate of drug-likeness (QED) is 0.545. The summed E-state index contributed by atoms with van der Waals surface area (Å²) >= 11 is 2.74. The molecule has 0 aliphatic carbocycles. The molecule has 0 saturated carbocycles. The standard InChI is InChI=1S/C20H22N6OS2/c1-12(2)22-19-24-25-20(29-19)28-11-17(27)23-18-16(10-21)13(3)14(4)26(18)15-8-6-5-7-9-15/h5-9,12H,11H2,1-4H3,(H,22,24)(H,23,27). The predicted molar refractivity (Wildman–Crippen MR) is 118 cm³/mol. The third-order valence-electron chi connectivity index (χ3n) is 4.24. The Labute approximate surface area is 178 Å². The molecule has 0 atom stereocenters. The maximum absolute atomic E-state index is 12.6. The largest absolute Gasteiger partial charge is 0.358 e. The molecule has 150 valence electrons. The number of nitriles is 1. The van der Waals surface area contributed by atoms with E-state index in [0.717, 1.165) is 26.4 Å². The summed E-state index contributed by atoms with van der Waals surface area (Å²) in [5, 5.41) is 24.7. The number of anilines is 2. The number of hydrogen-bond donors (Lipinski definition) is 2. The van der Waals surface area contributed by atoms with Crippen molar-refractivity contribution in [2.24, 2.45) is 0 Å². The van der Waals surface area contributed by atoms with E-state index in [1.807, 2.05) is 62.6 Å². The number of amides is 1. The molecular formula is C20H22N6OS2. The van der Waals surface area contributed by atoms with Gasteiger partial charge in [-0.05, 0) is 45.4 Å². The fraction of sp³-hybridized carbons (Fsp3) is 0.300. The highest BCUT2D eigenvalue weighted by molar-refractivity contribution is 8.01. The predicted octanol–water partition coefficient (Wildman–Crippen LogP) is 4.37. The van der Waals surface area contributed by atoms with Gasteiger partial charge in [-0.3, -0.25) is 9.36 Å². The van der Waals surface area contributed by atoms with Crippen molar-refractivity contribution in [2.75, 3.05) is 16.4 Å². The van der Waals surface area contributed by atoms with Crippen molar-refractivity contribution in [2.45, 2.75) is 38.1 Å². The molecule has 7 nitrogen and oxygen atoms in total. The second-order valence-corrected chi connectivity index (χ2v) is 8.93. The van der Waals surface area contributed by atoms with Gasteiger partial charge >= 0.3 is 0 Å². The molecule has 2 N–H and O–H groups in total. The van der Waals surface area contributed by atoms with E-state index in [1.165, 1.54) is 23.1 Å². The van der Waals surface area contributed by atoms with Crippen LogP contribution in [0.2, 0.25) is 0 Å². The van der Waals surface area contributed by atoms with Crippen molar-refractivity contribution in [1.82, 2.24) is 14.8 Å². The number of rotatable bonds is 7. The van der Waals surface area contributed by atoms with Gasteiger partial charge in [-0.2, -0.15) is 5.26 Å². The van der Waals surface area contributed by atoms with Gasteiger partial charge in [0.25, 0.3) is 0 Å². The second-order valence-electron chi connectivity index (χ2n) is 6.73. The van der Waals surface area contributed by atoms with Gasteiger partial charge in [0, 0.05) is 17.4 Å². The van der Waals surface area contributed by atoms with E-state index in [0.29, 0.717) is 11.4 Å². The lowest BCUT2D eigenvalue weighted by molar-refractivity contribution is -0.113. The highest BCUT2D eigenvalue weighted by Gasteiger charge is 2.21. The molecule has 0 aliphatic heterocycles. The topological polar surface area (TPSA) is 95.6 Å². The summed E-state index contributed by atoms with van der Waals surface area (Å²) in [5.74, 6) is 0.479. The van der Waals surface area contributed by atoms with E-state index in [4.69, 9.17) is 0 Å². The molecule has 3 aromatic rings. The van der Waals surface area contributed by atoms with Gasteiger partial charge in [-0.15, -0.1) is 10.2 Å². The van der Waals surface area contributed by atoms with E-state index >= 15 is 0 Å². The highest BCUT2D eigenvalue weighted by atomic mass is 32.2. The zero-order chi connectivity index (χ0) is 21.0. The van der Waals surface area contributed by atoms with E-state index in [-0.39, 0.29) is 17.7 Å². The first-order valence-corrected chi connectivity index (χ1v) is 10.9. The summed E-state index contributed by atoms with van der Waals surface area (Å²) in [7, 11) is 0. The molecule has 9 heteroatoms. The lowest BCUT2D eigenvalue weighted by atomic mass is 10.2. The summed E-state index contributed by atoms with van der Waals surface area (Å²) in [6.45, 7) is 7.89. The van der Waals surface area contributed by atoms with Crippen molar-refractivity contribution in [3.63, 3.8) is 0 Å². The Morgan fingerprint density at radius 2 is 2.00 bits per heavy atom. The first-order valence-electron chi connectivity index (χ1n) is 9.10. The smallest absolute Gasteiger partial charge is 0.235 e. The molecule has 0 unspecified atom stereocenters. The molecule has 0 saturated heterocycles. The molecule has 29 heavy (non-hydrogen) atoms. The number of para-hydroxylation sites is 1. The van der Waals surface area contributed by atoms with E-state index in [2.05, 4.69) is 26.9 Å². The van der Waals surface area contributed by atoms with Crippen molar-refractivity contribution >= 4 is 40.0 Å². The number of aromatic nitrogens is 3. The van der Waals surface area contributed by atoms with Crippen LogP contribution in [0.25, 0.3) is 5.69 Å². The maximum Gasteiger partial charge on any atom is 0.235 e. The Morgan fingerprint density at radius 1 is 1.28 bits per heavy atom. The molecular weight excluding hydrogens is 404 g/mol. The van der Waals surface area contributed by atoms with Gasteiger partial charge < -0.3 is 10.6 Å². The maximum atomic E-state index is 12.6. The molecule has 0 spiro atoms. The summed E-state index contributed by atoms with van der Waals surface area (Å²) < 4.78 is 2.63. The van der Waals surface area contributed by atoms with Crippen LogP contribution in [-0.2, 0) is 4.79 Å². The molecule has 0 radical (unpaired) electrons. The lowest BCUT2D eigenvalue weighted by Crippen LogP contribution is -2.17. The van der Waals surface area contributed by atoms with Crippen molar-refractivity contribution in [3.8, 4) is 11.8 Å². The molecule has 0 fully saturated rings. The molecule has 0 aliphatic rings. The molecule has 0 bridgehead atoms. The minimum absolute atomic E-state index is 0.180. The zero-order valence-corrected chi connectivity index (χ0v) is 18.3. The summed E-state index contributed by atoms with van der Waals surface area (Å²) in [4.78, 5) is 12.6. The number of nitrogens with zero attached hydrogens (tertiary/aromatic N) is 4. The number of benzene rings is 1. The monoisotopic (exact) mass is 426 g/mol. The average Bonchev–Trinajstić information content (AvgIpc) is 3.23. The van der Waals surface area contributed by atoms with Crippen LogP contribution in [-0.4, -0.2) is 32.5 Å². The van der Waals surface area contributed by atoms with Crippen LogP contribution in [0, 0.1) is 25.2 Å². The van der Waals surface area contributed by atoms with Crippen LogP contribution < -0.4 is 10.6 Å². The van der Waals surface area contributed by atoms with Crippen molar-refractivity contribution in [3.05, 3.63) is 47.2 Å². The third-order valence-corrected chi connectivity index (χ3v) is 6.23. The van der Waals surface area contributed by atoms with Crippen LogP contribution in [0.4, 0.5) is 10.9 Å². The minimum atomic E-state index is -0.199. The van der Waals surface area contributed by atoms with Gasteiger partial charge in [0.15, 0.2) is 4.34 Å². The fourth-order valence-electron chi connectivity index (χ4n) is 2.83. The van der Waals surface area contributed by atoms with Crippen molar-refractivity contribution in [1.29, 1.82) is 5.26 Å². The van der Waals surface area contributed by atoms with Crippen LogP contribution in [0.3, 0.4) is 0 Å². The van der Waals surface area contributed by atoms with E-state index in [9.17, 15) is 10.1 Å². The summed E-state index contributed by atoms with van der Waals surface area (Å²) in [6, 6.07) is 12.2. The van der Waals surface area contributed by atoms with Gasteiger partial charge in [-0.1, -0.05) is 41.3 Å². The van der Waals surface area contributed by atoms with Gasteiger partial charge in [0.05, 0.1) is 11.3 Å². The van der Waals surface area contributed by atoms with Crippen LogP contribution in [0.1, 0.15) is 30.7 Å². The number of carbonyl (C=O) groups excluding carboxylic acids is 1. The number of thioether (sulfide) groups is 1. The van der Waals surface area contributed by atoms with Gasteiger partial charge in [0.2, 0.25) is 11.0 Å². The fourth-order valence-corrected chi connectivity index (χ4v) is 4.53. The first-order chi connectivity index (χ1) is 13.9. The molecule has 1 amide bonds. The molecule has 2 aromatic heterocycles. The summed E-state index contributed by atoms with van der Waals surface area (Å²) in [5.41, 5.74) is 3.15. The SMILES string of the molecule is Cc1c(C#N)c(NC(=O)CSc2nnc(NC(C)C)s2)n(-c2ccccc2)c1C. The average molecular weight is 427 g/mol. The Kier molecular flexibility index (Phi) is 6.56. The van der Waals surface area contributed by atoms with Gasteiger partial charge in [0.1, 0.15) is 11.9 Å². The zero-order valence-electron chi connectivity index (χ0n) is 16.7. The Bertz CT molecular complexity index is 1050. The second kappa shape index (κ2) is 9.11. The Balaban J connectivity index is 1.77. The molecule has 1 aromatic carbocycles. The highest BCUT2D eigenvalue weighted by Crippen LogP contribution is 2.31. The van der Waals surface area contributed by atoms with E-state index in [1.54, 1.807) is 0 Å². The first kappa shape index (κ1) is 20.9. The third kappa shape index (κ3) is 4.78. The van der Waals surface area contributed by atoms with Crippen LogP contribution in [0.15, 0.2) is 34.7 Å². The van der Waals surface area contributed by atoms with Gasteiger partial charge in [-0.25, -0.2) is 0 Å². The number of nitrogens with one attached hydrogen (secondary N) is 2. The minimum Gasteiger partial charge on any atom is -0.358 e. The van der Waals surface area contributed by atoms with Crippen LogP contribution in [0.5, 0.6) is 0 Å². The Hall–Kier alpha value is -2.83. The van der Waals surface area contributed by atoms with Crippen LogP contribution >= 0.6 is 23.1 Å². The molecule has 2 heterocycles. The number of hydrogen-bond acceptors (Lipinski definition) is 7. The normalized spacial score (nSPS) is 10.8.